The molecule has 2 heterocycles. The van der Waals surface area contributed by atoms with E-state index in [2.05, 4.69) is 27.8 Å². The standard InChI is InChI=1S/C26H25N5O5S/c1-19(16-25(32)33)31(37(34)35)30-13-11-29(12-14-30)23-7-4-20(5-8-23)2-3-21-6-9-24(22(17-21)18-27)26-28-10-15-36-26/h4-10,15,17,19H,11-14,16H2,1H3,(H,32,33)(H,34,35)/p-1. The lowest BCUT2D eigenvalue weighted by Crippen LogP contribution is -2.57. The van der Waals surface area contributed by atoms with Gasteiger partial charge in [-0.3, -0.25) is 9.00 Å². The molecule has 2 aromatic carbocycles. The van der Waals surface area contributed by atoms with Crippen LogP contribution in [-0.2, 0) is 16.1 Å². The quantitative estimate of drug-likeness (QED) is 0.370. The molecular weight excluding hydrogens is 494 g/mol. The number of anilines is 1. The number of hydrogen-bond donors (Lipinski definition) is 1. The highest BCUT2D eigenvalue weighted by molar-refractivity contribution is 7.76. The average molecular weight is 519 g/mol. The number of carboxylic acid groups (broad SMARTS) is 1. The van der Waals surface area contributed by atoms with Gasteiger partial charge in [0.1, 0.15) is 6.26 Å². The Morgan fingerprint density at radius 3 is 2.46 bits per heavy atom. The van der Waals surface area contributed by atoms with Crippen LogP contribution in [0.1, 0.15) is 30.0 Å². The largest absolute Gasteiger partial charge is 0.759 e. The van der Waals surface area contributed by atoms with Crippen LogP contribution in [-0.4, -0.2) is 66.5 Å². The number of nitriles is 1. The van der Waals surface area contributed by atoms with Gasteiger partial charge in [-0.15, -0.1) is 0 Å². The fourth-order valence-corrected chi connectivity index (χ4v) is 4.88. The number of piperazine rings is 1. The Hall–Kier alpha value is -4.00. The van der Waals surface area contributed by atoms with Crippen LogP contribution in [0.25, 0.3) is 11.5 Å². The number of carbonyl (C=O) groups is 1. The summed E-state index contributed by atoms with van der Waals surface area (Å²) in [7, 11) is 0. The summed E-state index contributed by atoms with van der Waals surface area (Å²) in [5.41, 5.74) is 3.54. The maximum absolute atomic E-state index is 11.7. The minimum Gasteiger partial charge on any atom is -0.759 e. The van der Waals surface area contributed by atoms with E-state index in [4.69, 9.17) is 9.52 Å². The molecule has 2 unspecified atom stereocenters. The molecule has 4 rings (SSSR count). The summed E-state index contributed by atoms with van der Waals surface area (Å²) in [5.74, 6) is 5.53. The zero-order valence-electron chi connectivity index (χ0n) is 20.0. The molecule has 0 radical (unpaired) electrons. The van der Waals surface area contributed by atoms with Crippen molar-refractivity contribution in [1.29, 1.82) is 5.26 Å². The molecule has 0 amide bonds. The molecule has 2 atom stereocenters. The molecule has 1 N–H and O–H groups in total. The van der Waals surface area contributed by atoms with Gasteiger partial charge in [-0.05, 0) is 49.4 Å². The van der Waals surface area contributed by atoms with Gasteiger partial charge in [-0.1, -0.05) is 11.8 Å². The van der Waals surface area contributed by atoms with Crippen LogP contribution in [0.15, 0.2) is 59.3 Å². The summed E-state index contributed by atoms with van der Waals surface area (Å²) in [6, 6.07) is 14.5. The molecule has 1 aromatic heterocycles. The topological polar surface area (TPSA) is 137 Å². The highest BCUT2D eigenvalue weighted by atomic mass is 32.2. The molecule has 1 aliphatic heterocycles. The van der Waals surface area contributed by atoms with Crippen molar-refractivity contribution < 1.29 is 23.1 Å². The Morgan fingerprint density at radius 2 is 1.86 bits per heavy atom. The van der Waals surface area contributed by atoms with E-state index in [9.17, 15) is 18.8 Å². The summed E-state index contributed by atoms with van der Waals surface area (Å²) in [5, 5.41) is 20.2. The van der Waals surface area contributed by atoms with Crippen LogP contribution < -0.4 is 4.90 Å². The van der Waals surface area contributed by atoms with Crippen LogP contribution in [0.4, 0.5) is 5.69 Å². The second-order valence-corrected chi connectivity index (χ2v) is 9.22. The number of rotatable bonds is 7. The molecule has 1 aliphatic rings. The number of benzene rings is 2. The van der Waals surface area contributed by atoms with Crippen molar-refractivity contribution in [2.24, 2.45) is 0 Å². The van der Waals surface area contributed by atoms with Crippen molar-refractivity contribution in [3.05, 3.63) is 71.6 Å². The third-order valence-corrected chi connectivity index (χ3v) is 6.82. The molecule has 37 heavy (non-hydrogen) atoms. The van der Waals surface area contributed by atoms with Gasteiger partial charge in [-0.25, -0.2) is 9.99 Å². The zero-order valence-corrected chi connectivity index (χ0v) is 20.9. The summed E-state index contributed by atoms with van der Waals surface area (Å²) in [6.07, 6.45) is 2.72. The Bertz CT molecular complexity index is 1370. The molecular formula is C26H24N5O5S-. The second-order valence-electron chi connectivity index (χ2n) is 8.41. The first-order valence-electron chi connectivity index (χ1n) is 11.5. The number of aromatic nitrogens is 1. The molecule has 0 saturated carbocycles. The maximum Gasteiger partial charge on any atom is 0.305 e. The molecule has 3 aromatic rings. The Labute approximate surface area is 217 Å². The number of carboxylic acids is 1. The van der Waals surface area contributed by atoms with Gasteiger partial charge in [0.25, 0.3) is 0 Å². The van der Waals surface area contributed by atoms with Crippen LogP contribution >= 0.6 is 0 Å². The van der Waals surface area contributed by atoms with Gasteiger partial charge in [0, 0.05) is 60.3 Å². The minimum atomic E-state index is -2.55. The molecule has 0 spiro atoms. The van der Waals surface area contributed by atoms with E-state index < -0.39 is 23.3 Å². The van der Waals surface area contributed by atoms with Gasteiger partial charge >= 0.3 is 5.97 Å². The van der Waals surface area contributed by atoms with Gasteiger partial charge in [-0.2, -0.15) is 9.68 Å². The highest BCUT2D eigenvalue weighted by Crippen LogP contribution is 2.23. The van der Waals surface area contributed by atoms with E-state index in [-0.39, 0.29) is 6.42 Å². The van der Waals surface area contributed by atoms with Crippen LogP contribution in [0.5, 0.6) is 0 Å². The number of hydrazine groups is 1. The van der Waals surface area contributed by atoms with Crippen molar-refractivity contribution in [2.75, 3.05) is 31.1 Å². The van der Waals surface area contributed by atoms with Crippen molar-refractivity contribution in [3.8, 4) is 29.4 Å². The molecule has 1 fully saturated rings. The molecule has 0 bridgehead atoms. The third-order valence-electron chi connectivity index (χ3n) is 5.92. The second kappa shape index (κ2) is 11.8. The Balaban J connectivity index is 1.39. The minimum absolute atomic E-state index is 0.264. The van der Waals surface area contributed by atoms with E-state index in [1.807, 2.05) is 30.3 Å². The third kappa shape index (κ3) is 6.42. The fourth-order valence-electron chi connectivity index (χ4n) is 4.16. The predicted molar refractivity (Wildman–Crippen MR) is 135 cm³/mol. The van der Waals surface area contributed by atoms with Gasteiger partial charge in [0.2, 0.25) is 5.89 Å². The summed E-state index contributed by atoms with van der Waals surface area (Å²) in [6.45, 7) is 3.66. The van der Waals surface area contributed by atoms with Crippen molar-refractivity contribution in [1.82, 2.24) is 14.4 Å². The summed E-state index contributed by atoms with van der Waals surface area (Å²) >= 11 is -2.55. The van der Waals surface area contributed by atoms with Gasteiger partial charge in [0.05, 0.1) is 29.8 Å². The van der Waals surface area contributed by atoms with Crippen molar-refractivity contribution >= 4 is 22.9 Å². The molecule has 10 nitrogen and oxygen atoms in total. The van der Waals surface area contributed by atoms with Crippen LogP contribution in [0.3, 0.4) is 0 Å². The normalized spacial score (nSPS) is 15.5. The van der Waals surface area contributed by atoms with Gasteiger partial charge in [0.15, 0.2) is 0 Å². The van der Waals surface area contributed by atoms with Gasteiger partial charge < -0.3 is 19.0 Å². The lowest BCUT2D eigenvalue weighted by Gasteiger charge is -2.44. The first-order chi connectivity index (χ1) is 17.9. The first-order valence-corrected chi connectivity index (χ1v) is 12.5. The summed E-state index contributed by atoms with van der Waals surface area (Å²) < 4.78 is 29.9. The number of nitrogens with zero attached hydrogens (tertiary/aromatic N) is 5. The summed E-state index contributed by atoms with van der Waals surface area (Å²) in [4.78, 5) is 17.2. The van der Waals surface area contributed by atoms with E-state index in [0.29, 0.717) is 48.8 Å². The monoisotopic (exact) mass is 518 g/mol. The van der Waals surface area contributed by atoms with Crippen LogP contribution in [0.2, 0.25) is 0 Å². The number of oxazole rings is 1. The molecule has 0 aliphatic carbocycles. The molecule has 190 valence electrons. The highest BCUT2D eigenvalue weighted by Gasteiger charge is 2.28. The molecule has 11 heteroatoms. The SMILES string of the molecule is CC(CC(=O)O)N(N1CCN(c2ccc(C#Cc3ccc(-c4ncco4)c(C#N)c3)cc2)CC1)S(=O)[O-]. The van der Waals surface area contributed by atoms with E-state index in [1.54, 1.807) is 24.1 Å². The smallest absolute Gasteiger partial charge is 0.305 e. The first kappa shape index (κ1) is 26.1. The van der Waals surface area contributed by atoms with E-state index in [0.717, 1.165) is 15.7 Å². The van der Waals surface area contributed by atoms with Crippen molar-refractivity contribution in [3.63, 3.8) is 0 Å². The number of hydrogen-bond acceptors (Lipinski definition) is 8. The Kier molecular flexibility index (Phi) is 8.33. The molecule has 1 saturated heterocycles. The average Bonchev–Trinajstić information content (AvgIpc) is 3.42. The number of aliphatic carboxylic acids is 1. The lowest BCUT2D eigenvalue weighted by molar-refractivity contribution is -0.139. The zero-order chi connectivity index (χ0) is 26.4. The fraction of sp³-hybridized carbons (Fsp3) is 0.269. The van der Waals surface area contributed by atoms with E-state index in [1.165, 1.54) is 12.5 Å². The maximum atomic E-state index is 11.7. The predicted octanol–water partition coefficient (Wildman–Crippen LogP) is 2.61. The lowest BCUT2D eigenvalue weighted by atomic mass is 10.0. The van der Waals surface area contributed by atoms with Crippen molar-refractivity contribution in [2.45, 2.75) is 19.4 Å². The Morgan fingerprint density at radius 1 is 1.19 bits per heavy atom. The van der Waals surface area contributed by atoms with E-state index >= 15 is 0 Å². The van der Waals surface area contributed by atoms with Crippen LogP contribution in [0, 0.1) is 23.2 Å².